The maximum Gasteiger partial charge on any atom is 0.508 e. The van der Waals surface area contributed by atoms with Crippen molar-refractivity contribution in [1.29, 1.82) is 0 Å². The minimum atomic E-state index is -0.571. The number of carbonyl (C=O) groups excluding carboxylic acids is 1. The molecule has 0 saturated carbocycles. The van der Waals surface area contributed by atoms with Crippen LogP contribution in [0.1, 0.15) is 19.4 Å². The van der Waals surface area contributed by atoms with E-state index in [4.69, 9.17) is 9.47 Å². The summed E-state index contributed by atoms with van der Waals surface area (Å²) >= 11 is 0. The Morgan fingerprint density at radius 3 is 2.56 bits per heavy atom. The molecule has 0 amide bonds. The Kier molecular flexibility index (Phi) is 3.75. The SMILES string of the molecule is Cc1ccc(N2CC(C)OC(=O)OCC2C)cc1. The molecule has 98 valence electrons. The number of hydrogen-bond acceptors (Lipinski definition) is 4. The lowest BCUT2D eigenvalue weighted by atomic mass is 10.1. The molecule has 2 atom stereocenters. The number of benzene rings is 1. The van der Waals surface area contributed by atoms with E-state index in [-0.39, 0.29) is 12.1 Å². The number of carbonyl (C=O) groups is 1. The van der Waals surface area contributed by atoms with Crippen molar-refractivity contribution in [2.75, 3.05) is 18.1 Å². The van der Waals surface area contributed by atoms with Gasteiger partial charge in [0.05, 0.1) is 12.6 Å². The first-order valence-electron chi connectivity index (χ1n) is 6.23. The number of aryl methyl sites for hydroxylation is 1. The Balaban J connectivity index is 2.18. The van der Waals surface area contributed by atoms with Gasteiger partial charge in [-0.25, -0.2) is 4.79 Å². The number of anilines is 1. The van der Waals surface area contributed by atoms with Gasteiger partial charge in [-0.2, -0.15) is 0 Å². The van der Waals surface area contributed by atoms with Gasteiger partial charge in [-0.3, -0.25) is 0 Å². The number of rotatable bonds is 1. The number of cyclic esters (lactones) is 2. The fraction of sp³-hybridized carbons (Fsp3) is 0.500. The van der Waals surface area contributed by atoms with Crippen LogP contribution in [0.25, 0.3) is 0 Å². The van der Waals surface area contributed by atoms with Crippen molar-refractivity contribution in [3.63, 3.8) is 0 Å². The summed E-state index contributed by atoms with van der Waals surface area (Å²) in [5.41, 5.74) is 2.36. The third-order valence-electron chi connectivity index (χ3n) is 3.09. The fourth-order valence-corrected chi connectivity index (χ4v) is 2.07. The molecule has 1 heterocycles. The topological polar surface area (TPSA) is 38.8 Å². The maximum atomic E-state index is 11.2. The highest BCUT2D eigenvalue weighted by molar-refractivity contribution is 5.61. The van der Waals surface area contributed by atoms with Gasteiger partial charge in [-0.1, -0.05) is 17.7 Å². The molecule has 0 radical (unpaired) electrons. The van der Waals surface area contributed by atoms with Gasteiger partial charge in [0.15, 0.2) is 0 Å². The van der Waals surface area contributed by atoms with Crippen LogP contribution in [0.4, 0.5) is 10.5 Å². The zero-order valence-corrected chi connectivity index (χ0v) is 11.1. The van der Waals surface area contributed by atoms with E-state index in [1.807, 2.05) is 13.8 Å². The first-order chi connectivity index (χ1) is 8.56. The zero-order valence-electron chi connectivity index (χ0n) is 11.1. The molecular formula is C14H19NO3. The third kappa shape index (κ3) is 2.94. The van der Waals surface area contributed by atoms with Gasteiger partial charge in [0, 0.05) is 5.69 Å². The van der Waals surface area contributed by atoms with Gasteiger partial charge < -0.3 is 14.4 Å². The molecule has 0 aliphatic carbocycles. The molecule has 1 aliphatic rings. The molecule has 2 rings (SSSR count). The molecule has 0 spiro atoms. The van der Waals surface area contributed by atoms with Gasteiger partial charge >= 0.3 is 6.16 Å². The van der Waals surface area contributed by atoms with E-state index in [1.165, 1.54) is 5.56 Å². The lowest BCUT2D eigenvalue weighted by Crippen LogP contribution is -2.45. The predicted molar refractivity (Wildman–Crippen MR) is 69.9 cm³/mol. The van der Waals surface area contributed by atoms with E-state index in [1.54, 1.807) is 0 Å². The molecule has 4 heteroatoms. The number of nitrogens with zero attached hydrogens (tertiary/aromatic N) is 1. The van der Waals surface area contributed by atoms with E-state index >= 15 is 0 Å². The highest BCUT2D eigenvalue weighted by Crippen LogP contribution is 2.20. The Morgan fingerprint density at radius 1 is 1.22 bits per heavy atom. The van der Waals surface area contributed by atoms with Crippen LogP contribution in [-0.4, -0.2) is 31.5 Å². The van der Waals surface area contributed by atoms with Gasteiger partial charge in [0.25, 0.3) is 0 Å². The summed E-state index contributed by atoms with van der Waals surface area (Å²) in [4.78, 5) is 13.4. The summed E-state index contributed by atoms with van der Waals surface area (Å²) < 4.78 is 10.2. The van der Waals surface area contributed by atoms with Crippen LogP contribution in [-0.2, 0) is 9.47 Å². The van der Waals surface area contributed by atoms with Crippen LogP contribution in [0.15, 0.2) is 24.3 Å². The number of hydrogen-bond donors (Lipinski definition) is 0. The standard InChI is InChI=1S/C14H19NO3/c1-10-4-6-13(7-5-10)15-8-12(3)18-14(16)17-9-11(15)2/h4-7,11-12H,8-9H2,1-3H3. The lowest BCUT2D eigenvalue weighted by Gasteiger charge is -2.35. The Hall–Kier alpha value is -1.71. The Labute approximate surface area is 107 Å². The molecular weight excluding hydrogens is 230 g/mol. The van der Waals surface area contributed by atoms with E-state index < -0.39 is 6.16 Å². The molecule has 1 aromatic rings. The van der Waals surface area contributed by atoms with Gasteiger partial charge in [0.1, 0.15) is 12.7 Å². The Morgan fingerprint density at radius 2 is 1.89 bits per heavy atom. The first-order valence-corrected chi connectivity index (χ1v) is 6.23. The van der Waals surface area contributed by atoms with Crippen LogP contribution in [0.5, 0.6) is 0 Å². The van der Waals surface area contributed by atoms with Crippen molar-refractivity contribution in [2.45, 2.75) is 32.9 Å². The zero-order chi connectivity index (χ0) is 13.1. The predicted octanol–water partition coefficient (Wildman–Crippen LogP) is 2.75. The van der Waals surface area contributed by atoms with E-state index in [9.17, 15) is 4.79 Å². The lowest BCUT2D eigenvalue weighted by molar-refractivity contribution is 0.0176. The van der Waals surface area contributed by atoms with Crippen molar-refractivity contribution in [1.82, 2.24) is 0 Å². The largest absolute Gasteiger partial charge is 0.508 e. The summed E-state index contributed by atoms with van der Waals surface area (Å²) in [5.74, 6) is 0. The summed E-state index contributed by atoms with van der Waals surface area (Å²) in [7, 11) is 0. The van der Waals surface area contributed by atoms with Gasteiger partial charge in [0.2, 0.25) is 0 Å². The smallest absolute Gasteiger partial charge is 0.432 e. The molecule has 0 N–H and O–H groups in total. The van der Waals surface area contributed by atoms with Crippen LogP contribution >= 0.6 is 0 Å². The van der Waals surface area contributed by atoms with Crippen LogP contribution < -0.4 is 4.90 Å². The normalized spacial score (nSPS) is 24.8. The molecule has 1 saturated heterocycles. The molecule has 1 aliphatic heterocycles. The molecule has 1 fully saturated rings. The molecule has 0 bridgehead atoms. The van der Waals surface area contributed by atoms with Crippen LogP contribution in [0.3, 0.4) is 0 Å². The van der Waals surface area contributed by atoms with Gasteiger partial charge in [-0.15, -0.1) is 0 Å². The van der Waals surface area contributed by atoms with E-state index in [0.717, 1.165) is 5.69 Å². The molecule has 2 unspecified atom stereocenters. The average molecular weight is 249 g/mol. The highest BCUT2D eigenvalue weighted by atomic mass is 16.7. The minimum absolute atomic E-state index is 0.142. The van der Waals surface area contributed by atoms with Crippen molar-refractivity contribution in [2.24, 2.45) is 0 Å². The molecule has 4 nitrogen and oxygen atoms in total. The van der Waals surface area contributed by atoms with Crippen molar-refractivity contribution in [3.05, 3.63) is 29.8 Å². The fourth-order valence-electron chi connectivity index (χ4n) is 2.07. The van der Waals surface area contributed by atoms with Crippen molar-refractivity contribution in [3.8, 4) is 0 Å². The third-order valence-corrected chi connectivity index (χ3v) is 3.09. The molecule has 1 aromatic carbocycles. The number of ether oxygens (including phenoxy) is 2. The summed E-state index contributed by atoms with van der Waals surface area (Å²) in [6, 6.07) is 8.48. The average Bonchev–Trinajstić information content (AvgIpc) is 2.33. The van der Waals surface area contributed by atoms with E-state index in [0.29, 0.717) is 13.2 Å². The monoisotopic (exact) mass is 249 g/mol. The van der Waals surface area contributed by atoms with E-state index in [2.05, 4.69) is 36.1 Å². The molecule has 0 aromatic heterocycles. The van der Waals surface area contributed by atoms with Crippen LogP contribution in [0, 0.1) is 6.92 Å². The van der Waals surface area contributed by atoms with Crippen molar-refractivity contribution >= 4 is 11.8 Å². The quantitative estimate of drug-likeness (QED) is 0.717. The first kappa shape index (κ1) is 12.7. The van der Waals surface area contributed by atoms with Crippen molar-refractivity contribution < 1.29 is 14.3 Å². The Bertz CT molecular complexity index is 416. The summed E-state index contributed by atoms with van der Waals surface area (Å²) in [6.07, 6.45) is -0.751. The van der Waals surface area contributed by atoms with Gasteiger partial charge in [-0.05, 0) is 32.9 Å². The second kappa shape index (κ2) is 5.29. The summed E-state index contributed by atoms with van der Waals surface area (Å²) in [5, 5.41) is 0. The van der Waals surface area contributed by atoms with Crippen LogP contribution in [0.2, 0.25) is 0 Å². The second-order valence-electron chi connectivity index (χ2n) is 4.83. The summed E-state index contributed by atoms with van der Waals surface area (Å²) in [6.45, 7) is 7.01. The second-order valence-corrected chi connectivity index (χ2v) is 4.83. The highest BCUT2D eigenvalue weighted by Gasteiger charge is 2.24. The minimum Gasteiger partial charge on any atom is -0.432 e. The maximum absolute atomic E-state index is 11.2. The molecule has 18 heavy (non-hydrogen) atoms.